The number of anilines is 2. The van der Waals surface area contributed by atoms with Crippen LogP contribution in [0, 0.1) is 0 Å². The summed E-state index contributed by atoms with van der Waals surface area (Å²) in [5.41, 5.74) is 12.3. The van der Waals surface area contributed by atoms with Crippen LogP contribution in [0.15, 0.2) is 49.1 Å². The number of nitrogens with one attached hydrogen (secondary N) is 1. The van der Waals surface area contributed by atoms with Gasteiger partial charge in [-0.1, -0.05) is 18.2 Å². The zero-order chi connectivity index (χ0) is 17.2. The number of imidazole rings is 1. The molecule has 3 aromatic rings. The lowest BCUT2D eigenvalue weighted by Crippen LogP contribution is -2.18. The number of hydrazine groups is 1. The Bertz CT molecular complexity index is 891. The summed E-state index contributed by atoms with van der Waals surface area (Å²) in [6.07, 6.45) is 6.40. The van der Waals surface area contributed by atoms with Crippen molar-refractivity contribution in [2.24, 2.45) is 5.84 Å². The van der Waals surface area contributed by atoms with Crippen LogP contribution in [-0.2, 0) is 6.54 Å². The number of rotatable bonds is 4. The highest BCUT2D eigenvalue weighted by molar-refractivity contribution is 5.70. The van der Waals surface area contributed by atoms with Gasteiger partial charge in [0.15, 0.2) is 0 Å². The largest absolute Gasteiger partial charge is 0.493 e. The Balaban J connectivity index is 1.57. The lowest BCUT2D eigenvalue weighted by Gasteiger charge is -2.26. The van der Waals surface area contributed by atoms with E-state index in [0.29, 0.717) is 17.3 Å². The van der Waals surface area contributed by atoms with E-state index in [0.717, 1.165) is 36.7 Å². The maximum absolute atomic E-state index is 5.81. The molecule has 0 aliphatic carbocycles. The highest BCUT2D eigenvalue weighted by Gasteiger charge is 2.21. The standard InChI is InChI=1S/C18H20N6O/c19-14-8-21-16(7-15(14)23-20)17-10-24(11-22-17)9-12-5-6-25-18-4-2-1-3-13(12)18/h1-4,7-8,10-12H,5-6,9,19-20H2,(H,21,23). The van der Waals surface area contributed by atoms with E-state index in [2.05, 4.69) is 32.1 Å². The highest BCUT2D eigenvalue weighted by atomic mass is 16.5. The summed E-state index contributed by atoms with van der Waals surface area (Å²) in [6.45, 7) is 1.60. The molecule has 1 aliphatic heterocycles. The van der Waals surface area contributed by atoms with E-state index < -0.39 is 0 Å². The fourth-order valence-corrected chi connectivity index (χ4v) is 3.18. The van der Waals surface area contributed by atoms with Gasteiger partial charge in [0.25, 0.3) is 0 Å². The summed E-state index contributed by atoms with van der Waals surface area (Å²) in [7, 11) is 0. The molecule has 0 saturated carbocycles. The van der Waals surface area contributed by atoms with Crippen molar-refractivity contribution in [1.82, 2.24) is 14.5 Å². The van der Waals surface area contributed by atoms with Crippen molar-refractivity contribution in [3.8, 4) is 17.1 Å². The van der Waals surface area contributed by atoms with Crippen molar-refractivity contribution in [2.45, 2.75) is 18.9 Å². The lowest BCUT2D eigenvalue weighted by molar-refractivity contribution is 0.259. The molecule has 0 spiro atoms. The molecule has 0 radical (unpaired) electrons. The average Bonchev–Trinajstić information content (AvgIpc) is 3.11. The van der Waals surface area contributed by atoms with E-state index >= 15 is 0 Å². The smallest absolute Gasteiger partial charge is 0.122 e. The first kappa shape index (κ1) is 15.5. The first-order chi connectivity index (χ1) is 12.2. The number of aromatic nitrogens is 3. The van der Waals surface area contributed by atoms with Crippen molar-refractivity contribution in [2.75, 3.05) is 17.8 Å². The van der Waals surface area contributed by atoms with E-state index in [-0.39, 0.29) is 0 Å². The Hall–Kier alpha value is -3.06. The molecule has 128 valence electrons. The third-order valence-corrected chi connectivity index (χ3v) is 4.50. The second-order valence-electron chi connectivity index (χ2n) is 6.13. The summed E-state index contributed by atoms with van der Waals surface area (Å²) in [4.78, 5) is 8.81. The van der Waals surface area contributed by atoms with E-state index in [1.807, 2.05) is 24.7 Å². The van der Waals surface area contributed by atoms with Crippen molar-refractivity contribution >= 4 is 11.4 Å². The van der Waals surface area contributed by atoms with E-state index in [1.54, 1.807) is 12.3 Å². The molecular formula is C18H20N6O. The number of ether oxygens (including phenoxy) is 1. The van der Waals surface area contributed by atoms with E-state index in [1.165, 1.54) is 5.56 Å². The Morgan fingerprint density at radius 3 is 3.00 bits per heavy atom. The Morgan fingerprint density at radius 1 is 1.24 bits per heavy atom. The topological polar surface area (TPSA) is 104 Å². The zero-order valence-electron chi connectivity index (χ0n) is 13.7. The fraction of sp³-hybridized carbons (Fsp3) is 0.222. The number of para-hydroxylation sites is 1. The van der Waals surface area contributed by atoms with Crippen LogP contribution < -0.4 is 21.7 Å². The first-order valence-corrected chi connectivity index (χ1v) is 8.20. The number of hydrogen-bond donors (Lipinski definition) is 3. The second kappa shape index (κ2) is 6.45. The minimum atomic E-state index is 0.410. The SMILES string of the molecule is NNc1cc(-c2cn(CC3CCOc4ccccc43)cn2)ncc1N. The summed E-state index contributed by atoms with van der Waals surface area (Å²) >= 11 is 0. The minimum absolute atomic E-state index is 0.410. The number of hydrogen-bond acceptors (Lipinski definition) is 6. The molecule has 0 bridgehead atoms. The molecule has 1 aliphatic rings. The van der Waals surface area contributed by atoms with Crippen LogP contribution in [0.1, 0.15) is 17.9 Å². The van der Waals surface area contributed by atoms with Gasteiger partial charge in [0.2, 0.25) is 0 Å². The summed E-state index contributed by atoms with van der Waals surface area (Å²) < 4.78 is 7.83. The summed E-state index contributed by atoms with van der Waals surface area (Å²) in [5.74, 6) is 6.87. The molecule has 4 rings (SSSR count). The minimum Gasteiger partial charge on any atom is -0.493 e. The summed E-state index contributed by atoms with van der Waals surface area (Å²) in [5, 5.41) is 0. The molecule has 0 saturated heterocycles. The van der Waals surface area contributed by atoms with Crippen LogP contribution in [0.25, 0.3) is 11.4 Å². The number of fused-ring (bicyclic) bond motifs is 1. The van der Waals surface area contributed by atoms with Crippen LogP contribution in [-0.4, -0.2) is 21.1 Å². The lowest BCUT2D eigenvalue weighted by atomic mass is 9.93. The quantitative estimate of drug-likeness (QED) is 0.499. The molecule has 7 heteroatoms. The van der Waals surface area contributed by atoms with Gasteiger partial charge in [-0.2, -0.15) is 0 Å². The van der Waals surface area contributed by atoms with Crippen molar-refractivity contribution in [1.29, 1.82) is 0 Å². The molecule has 25 heavy (non-hydrogen) atoms. The van der Waals surface area contributed by atoms with Crippen molar-refractivity contribution in [3.63, 3.8) is 0 Å². The third kappa shape index (κ3) is 3.01. The van der Waals surface area contributed by atoms with Crippen molar-refractivity contribution in [3.05, 3.63) is 54.6 Å². The molecule has 3 heterocycles. The van der Waals surface area contributed by atoms with Crippen LogP contribution >= 0.6 is 0 Å². The molecular weight excluding hydrogens is 316 g/mol. The van der Waals surface area contributed by atoms with Gasteiger partial charge in [-0.25, -0.2) is 4.98 Å². The monoisotopic (exact) mass is 336 g/mol. The summed E-state index contributed by atoms with van der Waals surface area (Å²) in [6, 6.07) is 10.0. The van der Waals surface area contributed by atoms with Gasteiger partial charge < -0.3 is 20.5 Å². The van der Waals surface area contributed by atoms with Gasteiger partial charge in [0.05, 0.1) is 36.2 Å². The number of nitrogens with two attached hydrogens (primary N) is 2. The maximum atomic E-state index is 5.81. The molecule has 5 N–H and O–H groups in total. The Kier molecular flexibility index (Phi) is 3.99. The molecule has 0 amide bonds. The predicted molar refractivity (Wildman–Crippen MR) is 97.0 cm³/mol. The first-order valence-electron chi connectivity index (χ1n) is 8.20. The fourth-order valence-electron chi connectivity index (χ4n) is 3.18. The number of benzene rings is 1. The van der Waals surface area contributed by atoms with Crippen LogP contribution in [0.3, 0.4) is 0 Å². The van der Waals surface area contributed by atoms with Crippen LogP contribution in [0.5, 0.6) is 5.75 Å². The molecule has 0 fully saturated rings. The molecule has 1 atom stereocenters. The molecule has 7 nitrogen and oxygen atoms in total. The average molecular weight is 336 g/mol. The Morgan fingerprint density at radius 2 is 2.12 bits per heavy atom. The second-order valence-corrected chi connectivity index (χ2v) is 6.13. The van der Waals surface area contributed by atoms with Gasteiger partial charge in [0, 0.05) is 18.7 Å². The van der Waals surface area contributed by atoms with E-state index in [4.69, 9.17) is 16.3 Å². The van der Waals surface area contributed by atoms with Crippen LogP contribution in [0.2, 0.25) is 0 Å². The molecule has 1 aromatic carbocycles. The van der Waals surface area contributed by atoms with Gasteiger partial charge in [0.1, 0.15) is 11.4 Å². The van der Waals surface area contributed by atoms with E-state index in [9.17, 15) is 0 Å². The van der Waals surface area contributed by atoms with Gasteiger partial charge in [-0.05, 0) is 24.1 Å². The third-order valence-electron chi connectivity index (χ3n) is 4.50. The Labute approximate surface area is 145 Å². The number of nitrogens with zero attached hydrogens (tertiary/aromatic N) is 3. The maximum Gasteiger partial charge on any atom is 0.122 e. The normalized spacial score (nSPS) is 16.1. The molecule has 2 aromatic heterocycles. The number of pyridine rings is 1. The predicted octanol–water partition coefficient (Wildman–Crippen LogP) is 2.38. The molecule has 1 unspecified atom stereocenters. The zero-order valence-corrected chi connectivity index (χ0v) is 13.7. The van der Waals surface area contributed by atoms with Gasteiger partial charge >= 0.3 is 0 Å². The highest BCUT2D eigenvalue weighted by Crippen LogP contribution is 2.34. The van der Waals surface area contributed by atoms with Crippen molar-refractivity contribution < 1.29 is 4.74 Å². The van der Waals surface area contributed by atoms with Crippen LogP contribution in [0.4, 0.5) is 11.4 Å². The van der Waals surface area contributed by atoms with Gasteiger partial charge in [-0.15, -0.1) is 0 Å². The van der Waals surface area contributed by atoms with Gasteiger partial charge in [-0.3, -0.25) is 10.8 Å². The number of nitrogen functional groups attached to an aromatic ring is 2.